The Hall–Kier alpha value is -1.27. The van der Waals surface area contributed by atoms with Crippen LogP contribution >= 0.6 is 0 Å². The predicted molar refractivity (Wildman–Crippen MR) is 82.8 cm³/mol. The summed E-state index contributed by atoms with van der Waals surface area (Å²) in [6.07, 6.45) is 1.27. The Morgan fingerprint density at radius 3 is 2.43 bits per heavy atom. The summed E-state index contributed by atoms with van der Waals surface area (Å²) in [6, 6.07) is 5.29. The maximum Gasteiger partial charge on any atom is 0.161 e. The highest BCUT2D eigenvalue weighted by atomic mass is 32.2. The Labute approximate surface area is 126 Å². The van der Waals surface area contributed by atoms with E-state index in [1.165, 1.54) is 6.26 Å². The topological polar surface area (TPSA) is 64.6 Å². The maximum atomic E-state index is 12.1. The Morgan fingerprint density at radius 1 is 1.24 bits per heavy atom. The molecular weight excluding hydrogens is 290 g/mol. The van der Waals surface area contributed by atoms with Gasteiger partial charge in [-0.3, -0.25) is 0 Å². The second-order valence-electron chi connectivity index (χ2n) is 5.77. The number of ether oxygens (including phenoxy) is 2. The molecule has 1 aromatic carbocycles. The summed E-state index contributed by atoms with van der Waals surface area (Å²) in [6.45, 7) is 7.18. The summed E-state index contributed by atoms with van der Waals surface area (Å²) in [5, 5.41) is 3.28. The van der Waals surface area contributed by atoms with Gasteiger partial charge >= 0.3 is 0 Å². The summed E-state index contributed by atoms with van der Waals surface area (Å²) < 4.78 is 34.4. The second-order valence-corrected chi connectivity index (χ2v) is 8.37. The zero-order valence-electron chi connectivity index (χ0n) is 13.0. The van der Waals surface area contributed by atoms with Gasteiger partial charge in [0.2, 0.25) is 0 Å². The van der Waals surface area contributed by atoms with Crippen molar-refractivity contribution in [1.82, 2.24) is 5.32 Å². The molecule has 1 aliphatic heterocycles. The minimum atomic E-state index is -3.23. The first-order valence-corrected chi connectivity index (χ1v) is 8.99. The fraction of sp³-hybridized carbons (Fsp3) is 0.600. The van der Waals surface area contributed by atoms with Gasteiger partial charge < -0.3 is 14.8 Å². The van der Waals surface area contributed by atoms with Crippen LogP contribution in [0.5, 0.6) is 11.5 Å². The summed E-state index contributed by atoms with van der Waals surface area (Å²) >= 11 is 0. The lowest BCUT2D eigenvalue weighted by atomic mass is 9.94. The fourth-order valence-electron chi connectivity index (χ4n) is 2.42. The summed E-state index contributed by atoms with van der Waals surface area (Å²) in [7, 11) is -3.23. The molecule has 0 radical (unpaired) electrons. The minimum absolute atomic E-state index is 0.312. The van der Waals surface area contributed by atoms with E-state index in [0.29, 0.717) is 31.3 Å². The standard InChI is InChI=1S/C15H23NO4S/c1-5-16-14(15(2,3)21(4,17)18)11-6-7-12-13(10-11)20-9-8-19-12/h6-7,10,14,16H,5,8-9H2,1-4H3. The van der Waals surface area contributed by atoms with Gasteiger partial charge in [0.05, 0.1) is 10.8 Å². The minimum Gasteiger partial charge on any atom is -0.486 e. The molecule has 2 rings (SSSR count). The number of hydrogen-bond acceptors (Lipinski definition) is 5. The molecule has 0 fully saturated rings. The molecule has 0 bridgehead atoms. The van der Waals surface area contributed by atoms with Crippen LogP contribution in [0.25, 0.3) is 0 Å². The molecule has 1 aromatic rings. The van der Waals surface area contributed by atoms with E-state index in [4.69, 9.17) is 9.47 Å². The normalized spacial score (nSPS) is 16.6. The molecule has 1 N–H and O–H groups in total. The van der Waals surface area contributed by atoms with Gasteiger partial charge in [0.25, 0.3) is 0 Å². The van der Waals surface area contributed by atoms with Crippen LogP contribution in [-0.2, 0) is 9.84 Å². The number of hydrogen-bond donors (Lipinski definition) is 1. The van der Waals surface area contributed by atoms with Gasteiger partial charge in [0.15, 0.2) is 21.3 Å². The van der Waals surface area contributed by atoms with E-state index in [-0.39, 0.29) is 6.04 Å². The van der Waals surface area contributed by atoms with Crippen molar-refractivity contribution < 1.29 is 17.9 Å². The number of sulfone groups is 1. The third-order valence-electron chi connectivity index (χ3n) is 3.96. The van der Waals surface area contributed by atoms with Crippen molar-refractivity contribution in [3.63, 3.8) is 0 Å². The highest BCUT2D eigenvalue weighted by Crippen LogP contribution is 2.37. The lowest BCUT2D eigenvalue weighted by Crippen LogP contribution is -2.45. The fourth-order valence-corrected chi connectivity index (χ4v) is 3.07. The molecule has 1 unspecified atom stereocenters. The largest absolute Gasteiger partial charge is 0.486 e. The van der Waals surface area contributed by atoms with Gasteiger partial charge in [-0.25, -0.2) is 8.42 Å². The summed E-state index contributed by atoms with van der Waals surface area (Å²) in [5.41, 5.74) is 0.886. The molecule has 1 atom stereocenters. The van der Waals surface area contributed by atoms with Gasteiger partial charge in [-0.15, -0.1) is 0 Å². The SMILES string of the molecule is CCNC(c1ccc2c(c1)OCCO2)C(C)(C)S(C)(=O)=O. The highest BCUT2D eigenvalue weighted by Gasteiger charge is 2.39. The lowest BCUT2D eigenvalue weighted by Gasteiger charge is -2.34. The number of nitrogens with one attached hydrogen (secondary N) is 1. The second kappa shape index (κ2) is 5.85. The number of fused-ring (bicyclic) bond motifs is 1. The van der Waals surface area contributed by atoms with Crippen LogP contribution in [-0.4, -0.2) is 39.2 Å². The molecule has 0 amide bonds. The van der Waals surface area contributed by atoms with Crippen LogP contribution in [0.4, 0.5) is 0 Å². The molecule has 0 saturated carbocycles. The molecule has 6 heteroatoms. The molecule has 5 nitrogen and oxygen atoms in total. The van der Waals surface area contributed by atoms with Crippen molar-refractivity contribution in [1.29, 1.82) is 0 Å². The first-order chi connectivity index (χ1) is 9.77. The third kappa shape index (κ3) is 3.16. The molecule has 0 spiro atoms. The predicted octanol–water partition coefficient (Wildman–Crippen LogP) is 1.93. The van der Waals surface area contributed by atoms with Crippen LogP contribution in [0, 0.1) is 0 Å². The van der Waals surface area contributed by atoms with Crippen LogP contribution in [0.3, 0.4) is 0 Å². The van der Waals surface area contributed by atoms with Crippen LogP contribution in [0.2, 0.25) is 0 Å². The van der Waals surface area contributed by atoms with Gasteiger partial charge in [-0.05, 0) is 38.1 Å². The summed E-state index contributed by atoms with van der Waals surface area (Å²) in [5.74, 6) is 1.38. The quantitative estimate of drug-likeness (QED) is 0.900. The average Bonchev–Trinajstić information content (AvgIpc) is 2.43. The Kier molecular flexibility index (Phi) is 4.49. The monoisotopic (exact) mass is 313 g/mol. The van der Waals surface area contributed by atoms with Crippen LogP contribution in [0.1, 0.15) is 32.4 Å². The highest BCUT2D eigenvalue weighted by molar-refractivity contribution is 7.92. The van der Waals surface area contributed by atoms with Crippen molar-refractivity contribution >= 4 is 9.84 Å². The van der Waals surface area contributed by atoms with Gasteiger partial charge in [-0.1, -0.05) is 13.0 Å². The van der Waals surface area contributed by atoms with Crippen molar-refractivity contribution in [3.05, 3.63) is 23.8 Å². The van der Waals surface area contributed by atoms with E-state index < -0.39 is 14.6 Å². The van der Waals surface area contributed by atoms with Crippen LogP contribution in [0.15, 0.2) is 18.2 Å². The molecule has 0 saturated heterocycles. The molecule has 118 valence electrons. The van der Waals surface area contributed by atoms with Gasteiger partial charge in [0, 0.05) is 6.26 Å². The van der Waals surface area contributed by atoms with Crippen molar-refractivity contribution in [3.8, 4) is 11.5 Å². The molecule has 1 aliphatic rings. The van der Waals surface area contributed by atoms with Crippen molar-refractivity contribution in [2.24, 2.45) is 0 Å². The summed E-state index contributed by atoms with van der Waals surface area (Å²) in [4.78, 5) is 0. The molecule has 21 heavy (non-hydrogen) atoms. The number of rotatable bonds is 5. The molecule has 0 aliphatic carbocycles. The Balaban J connectivity index is 2.43. The van der Waals surface area contributed by atoms with E-state index in [1.807, 2.05) is 25.1 Å². The van der Waals surface area contributed by atoms with E-state index >= 15 is 0 Å². The van der Waals surface area contributed by atoms with E-state index in [1.54, 1.807) is 13.8 Å². The van der Waals surface area contributed by atoms with E-state index in [9.17, 15) is 8.42 Å². The Morgan fingerprint density at radius 2 is 1.86 bits per heavy atom. The molecular formula is C15H23NO4S. The first-order valence-electron chi connectivity index (χ1n) is 7.10. The number of benzene rings is 1. The van der Waals surface area contributed by atoms with Crippen molar-refractivity contribution in [2.75, 3.05) is 26.0 Å². The lowest BCUT2D eigenvalue weighted by molar-refractivity contribution is 0.171. The molecule has 0 aromatic heterocycles. The van der Waals surface area contributed by atoms with Gasteiger partial charge in [-0.2, -0.15) is 0 Å². The Bertz CT molecular complexity index is 610. The van der Waals surface area contributed by atoms with Crippen molar-refractivity contribution in [2.45, 2.75) is 31.6 Å². The maximum absolute atomic E-state index is 12.1. The van der Waals surface area contributed by atoms with Gasteiger partial charge in [0.1, 0.15) is 13.2 Å². The average molecular weight is 313 g/mol. The van der Waals surface area contributed by atoms with Crippen LogP contribution < -0.4 is 14.8 Å². The molecule has 1 heterocycles. The third-order valence-corrected chi connectivity index (χ3v) is 6.11. The zero-order chi connectivity index (χ0) is 15.7. The first kappa shape index (κ1) is 16.1. The van der Waals surface area contributed by atoms with E-state index in [0.717, 1.165) is 5.56 Å². The smallest absolute Gasteiger partial charge is 0.161 e. The van der Waals surface area contributed by atoms with E-state index in [2.05, 4.69) is 5.32 Å². The zero-order valence-corrected chi connectivity index (χ0v) is 13.8.